The zero-order chi connectivity index (χ0) is 23.8. The summed E-state index contributed by atoms with van der Waals surface area (Å²) in [6, 6.07) is 11.2. The van der Waals surface area contributed by atoms with Crippen molar-refractivity contribution in [2.45, 2.75) is 42.4 Å². The molecule has 180 valence electrons. The number of hydrogen-bond donors (Lipinski definition) is 4. The van der Waals surface area contributed by atoms with Crippen LogP contribution >= 0.6 is 0 Å². The molecule has 0 spiro atoms. The number of anilines is 1. The highest BCUT2D eigenvalue weighted by Gasteiger charge is 2.32. The van der Waals surface area contributed by atoms with Crippen LogP contribution < -0.4 is 20.1 Å². The fourth-order valence-corrected chi connectivity index (χ4v) is 4.74. The highest BCUT2D eigenvalue weighted by molar-refractivity contribution is 7.89. The number of carbonyl (C=O) groups excluding carboxylic acids is 1. The van der Waals surface area contributed by atoms with Crippen molar-refractivity contribution >= 4 is 21.7 Å². The first-order valence-corrected chi connectivity index (χ1v) is 12.0. The number of sulfonamides is 1. The van der Waals surface area contributed by atoms with Crippen molar-refractivity contribution in [1.82, 2.24) is 10.0 Å². The summed E-state index contributed by atoms with van der Waals surface area (Å²) in [6.45, 7) is -0.250. The Labute approximate surface area is 192 Å². The summed E-state index contributed by atoms with van der Waals surface area (Å²) in [5.41, 5.74) is 0.589. The Kier molecular flexibility index (Phi) is 8.61. The molecule has 11 heteroatoms. The molecule has 4 N–H and O–H groups in total. The minimum Gasteiger partial charge on any atom is -0.497 e. The Hall–Kier alpha value is -2.73. The van der Waals surface area contributed by atoms with E-state index in [2.05, 4.69) is 15.4 Å². The molecule has 0 radical (unpaired) electrons. The van der Waals surface area contributed by atoms with Gasteiger partial charge in [-0.15, -0.1) is 0 Å². The van der Waals surface area contributed by atoms with E-state index in [1.807, 2.05) is 0 Å². The van der Waals surface area contributed by atoms with Gasteiger partial charge in [-0.2, -0.15) is 0 Å². The van der Waals surface area contributed by atoms with Gasteiger partial charge in [0.05, 0.1) is 25.9 Å². The number of methoxy groups -OCH3 is 1. The Balaban J connectivity index is 1.46. The normalized spacial score (nSPS) is 20.8. The summed E-state index contributed by atoms with van der Waals surface area (Å²) in [6.07, 6.45) is 0.508. The molecule has 2 aromatic carbocycles. The molecule has 1 fully saturated rings. The monoisotopic (exact) mass is 481 g/mol. The predicted molar refractivity (Wildman–Crippen MR) is 120 cm³/mol. The van der Waals surface area contributed by atoms with Crippen LogP contribution in [-0.4, -0.2) is 58.1 Å². The molecule has 1 aliphatic rings. The fourth-order valence-electron chi connectivity index (χ4n) is 3.61. The Morgan fingerprint density at radius 1 is 1.18 bits per heavy atom. The maximum absolute atomic E-state index is 13.8. The van der Waals surface area contributed by atoms with Crippen LogP contribution in [0.3, 0.4) is 0 Å². The van der Waals surface area contributed by atoms with E-state index >= 15 is 0 Å². The van der Waals surface area contributed by atoms with Crippen molar-refractivity contribution in [3.05, 3.63) is 54.3 Å². The lowest BCUT2D eigenvalue weighted by Crippen LogP contribution is -2.52. The number of hydrogen-bond acceptors (Lipinski definition) is 6. The summed E-state index contributed by atoms with van der Waals surface area (Å²) >= 11 is 0. The third kappa shape index (κ3) is 6.87. The summed E-state index contributed by atoms with van der Waals surface area (Å²) in [5, 5.41) is 15.2. The van der Waals surface area contributed by atoms with Crippen molar-refractivity contribution in [1.29, 1.82) is 0 Å². The van der Waals surface area contributed by atoms with Gasteiger partial charge in [-0.05, 0) is 55.7 Å². The van der Waals surface area contributed by atoms with Crippen LogP contribution in [0.1, 0.15) is 19.3 Å². The quantitative estimate of drug-likeness (QED) is 0.435. The molecule has 0 aromatic heterocycles. The van der Waals surface area contributed by atoms with E-state index in [4.69, 9.17) is 9.47 Å². The minimum absolute atomic E-state index is 0.0511. The molecule has 0 bridgehead atoms. The maximum Gasteiger partial charge on any atom is 0.319 e. The van der Waals surface area contributed by atoms with Gasteiger partial charge in [0.15, 0.2) is 0 Å². The van der Waals surface area contributed by atoms with E-state index in [0.717, 1.165) is 6.07 Å². The SMILES string of the molecule is COc1ccc(NC(=O)N[C@@H]2CC[C@H](CCNS(=O)(=O)c3ccccc3F)O[C@@H]2CO)cc1. The van der Waals surface area contributed by atoms with Gasteiger partial charge in [0, 0.05) is 12.2 Å². The molecule has 0 aliphatic carbocycles. The first-order valence-electron chi connectivity index (χ1n) is 10.5. The number of ether oxygens (including phenoxy) is 2. The van der Waals surface area contributed by atoms with E-state index < -0.39 is 38.9 Å². The number of rotatable bonds is 9. The molecule has 0 unspecified atom stereocenters. The Morgan fingerprint density at radius 3 is 2.58 bits per heavy atom. The highest BCUT2D eigenvalue weighted by atomic mass is 32.2. The lowest BCUT2D eigenvalue weighted by Gasteiger charge is -2.36. The van der Waals surface area contributed by atoms with E-state index in [1.54, 1.807) is 31.4 Å². The largest absolute Gasteiger partial charge is 0.497 e. The number of benzene rings is 2. The van der Waals surface area contributed by atoms with Crippen LogP contribution in [0.2, 0.25) is 0 Å². The Bertz CT molecular complexity index is 1030. The molecule has 1 saturated heterocycles. The predicted octanol–water partition coefficient (Wildman–Crippen LogP) is 2.23. The molecule has 3 rings (SSSR count). The maximum atomic E-state index is 13.8. The molecule has 9 nitrogen and oxygen atoms in total. The summed E-state index contributed by atoms with van der Waals surface area (Å²) < 4.78 is 51.6. The lowest BCUT2D eigenvalue weighted by molar-refractivity contribution is -0.0884. The van der Waals surface area contributed by atoms with Crippen molar-refractivity contribution in [2.75, 3.05) is 25.6 Å². The second kappa shape index (κ2) is 11.4. The van der Waals surface area contributed by atoms with Crippen molar-refractivity contribution in [2.24, 2.45) is 0 Å². The standard InChI is InChI=1S/C22H28FN3O6S/c1-31-16-8-6-15(7-9-16)25-22(28)26-19-11-10-17(32-20(19)14-27)12-13-24-33(29,30)21-5-3-2-4-18(21)23/h2-9,17,19-20,24,27H,10-14H2,1H3,(H2,25,26,28)/t17-,19-,20-/m1/s1. The second-order valence-corrected chi connectivity index (χ2v) is 9.34. The number of aliphatic hydroxyl groups is 1. The highest BCUT2D eigenvalue weighted by Crippen LogP contribution is 2.22. The van der Waals surface area contributed by atoms with Gasteiger partial charge in [-0.1, -0.05) is 12.1 Å². The number of nitrogens with one attached hydrogen (secondary N) is 3. The van der Waals surface area contributed by atoms with E-state index in [-0.39, 0.29) is 19.3 Å². The van der Waals surface area contributed by atoms with Gasteiger partial charge in [0.2, 0.25) is 10.0 Å². The molecule has 3 atom stereocenters. The third-order valence-corrected chi connectivity index (χ3v) is 6.84. The van der Waals surface area contributed by atoms with Crippen LogP contribution in [0.5, 0.6) is 5.75 Å². The molecule has 2 aromatic rings. The van der Waals surface area contributed by atoms with Crippen LogP contribution in [0, 0.1) is 5.82 Å². The van der Waals surface area contributed by atoms with Crippen molar-refractivity contribution in [3.8, 4) is 5.75 Å². The second-order valence-electron chi connectivity index (χ2n) is 7.61. The third-order valence-electron chi connectivity index (χ3n) is 5.34. The number of carbonyl (C=O) groups is 1. The van der Waals surface area contributed by atoms with Crippen LogP contribution in [-0.2, 0) is 14.8 Å². The minimum atomic E-state index is -3.97. The number of halogens is 1. The van der Waals surface area contributed by atoms with Crippen molar-refractivity contribution < 1.29 is 32.2 Å². The molecular weight excluding hydrogens is 453 g/mol. The number of aliphatic hydroxyl groups excluding tert-OH is 1. The lowest BCUT2D eigenvalue weighted by atomic mass is 9.97. The zero-order valence-electron chi connectivity index (χ0n) is 18.2. The van der Waals surface area contributed by atoms with Gasteiger partial charge in [0.25, 0.3) is 0 Å². The first kappa shape index (κ1) is 24.9. The summed E-state index contributed by atoms with van der Waals surface area (Å²) in [5.74, 6) is -0.148. The van der Waals surface area contributed by atoms with Gasteiger partial charge >= 0.3 is 6.03 Å². The van der Waals surface area contributed by atoms with Gasteiger partial charge < -0.3 is 25.2 Å². The molecule has 0 saturated carbocycles. The van der Waals surface area contributed by atoms with Crippen LogP contribution in [0.15, 0.2) is 53.4 Å². The molecule has 1 aliphatic heterocycles. The summed E-state index contributed by atoms with van der Waals surface area (Å²) in [7, 11) is -2.42. The van der Waals surface area contributed by atoms with E-state index in [0.29, 0.717) is 30.7 Å². The Morgan fingerprint density at radius 2 is 1.91 bits per heavy atom. The smallest absolute Gasteiger partial charge is 0.319 e. The van der Waals surface area contributed by atoms with Gasteiger partial charge in [-0.25, -0.2) is 22.3 Å². The van der Waals surface area contributed by atoms with E-state index in [1.165, 1.54) is 18.2 Å². The molecule has 2 amide bonds. The van der Waals surface area contributed by atoms with Crippen LogP contribution in [0.25, 0.3) is 0 Å². The van der Waals surface area contributed by atoms with Crippen LogP contribution in [0.4, 0.5) is 14.9 Å². The average molecular weight is 482 g/mol. The zero-order valence-corrected chi connectivity index (χ0v) is 19.0. The topological polar surface area (TPSA) is 126 Å². The fraction of sp³-hybridized carbons (Fsp3) is 0.409. The number of amides is 2. The molecular formula is C22H28FN3O6S. The van der Waals surface area contributed by atoms with Gasteiger partial charge in [0.1, 0.15) is 22.6 Å². The number of urea groups is 1. The first-order chi connectivity index (χ1) is 15.8. The molecule has 1 heterocycles. The van der Waals surface area contributed by atoms with E-state index in [9.17, 15) is 22.7 Å². The van der Waals surface area contributed by atoms with Crippen molar-refractivity contribution in [3.63, 3.8) is 0 Å². The molecule has 33 heavy (non-hydrogen) atoms. The van der Waals surface area contributed by atoms with Gasteiger partial charge in [-0.3, -0.25) is 0 Å². The average Bonchev–Trinajstić information content (AvgIpc) is 2.80. The summed E-state index contributed by atoms with van der Waals surface area (Å²) in [4.78, 5) is 11.9.